The third-order valence-corrected chi connectivity index (χ3v) is 7.87. The normalized spacial score (nSPS) is 18.0. The number of primary amides is 1. The minimum Gasteiger partial charge on any atom is -0.369 e. The van der Waals surface area contributed by atoms with Crippen molar-refractivity contribution in [2.75, 3.05) is 0 Å². The topological polar surface area (TPSA) is 51.9 Å². The zero-order valence-electron chi connectivity index (χ0n) is 20.8. The first kappa shape index (κ1) is 23.8. The maximum Gasteiger partial charge on any atom is 0.253 e. The summed E-state index contributed by atoms with van der Waals surface area (Å²) in [6, 6.07) is 30.9. The van der Waals surface area contributed by atoms with Crippen LogP contribution in [0.2, 0.25) is 0 Å². The largest absolute Gasteiger partial charge is 0.369 e. The van der Waals surface area contributed by atoms with Crippen LogP contribution in [0.4, 0.5) is 0 Å². The zero-order valence-corrected chi connectivity index (χ0v) is 20.8. The number of hydrogen-bond donors (Lipinski definition) is 1. The van der Waals surface area contributed by atoms with Gasteiger partial charge in [-0.2, -0.15) is 0 Å². The highest BCUT2D eigenvalue weighted by Crippen LogP contribution is 2.49. The molecule has 0 spiro atoms. The van der Waals surface area contributed by atoms with Gasteiger partial charge in [0, 0.05) is 6.92 Å². The molecule has 4 heteroatoms. The number of rotatable bonds is 8. The summed E-state index contributed by atoms with van der Waals surface area (Å²) in [5.74, 6) is 1.08. The molecule has 1 aliphatic carbocycles. The molecule has 2 unspecified atom stereocenters. The first-order valence-corrected chi connectivity index (χ1v) is 12.8. The van der Waals surface area contributed by atoms with Gasteiger partial charge in [-0.15, -0.1) is 0 Å². The molecule has 1 amide bonds. The predicted octanol–water partition coefficient (Wildman–Crippen LogP) is 5.61. The summed E-state index contributed by atoms with van der Waals surface area (Å²) in [6.07, 6.45) is 11.6. The van der Waals surface area contributed by atoms with Crippen LogP contribution in [0.1, 0.15) is 47.8 Å². The van der Waals surface area contributed by atoms with Crippen LogP contribution in [-0.2, 0) is 16.8 Å². The molecule has 4 nitrogen and oxygen atoms in total. The van der Waals surface area contributed by atoms with Crippen molar-refractivity contribution in [1.82, 2.24) is 4.57 Å². The summed E-state index contributed by atoms with van der Waals surface area (Å²) in [5.41, 5.74) is 8.62. The summed E-state index contributed by atoms with van der Waals surface area (Å²) < 4.78 is 4.67. The molecular weight excluding hydrogens is 442 g/mol. The van der Waals surface area contributed by atoms with Crippen LogP contribution in [0.25, 0.3) is 6.08 Å². The lowest BCUT2D eigenvalue weighted by atomic mass is 9.64. The molecule has 2 N–H and O–H groups in total. The van der Waals surface area contributed by atoms with E-state index in [1.165, 1.54) is 11.4 Å². The van der Waals surface area contributed by atoms with E-state index in [0.717, 1.165) is 36.9 Å². The number of imidazole rings is 1. The molecule has 0 aliphatic heterocycles. The fourth-order valence-electron chi connectivity index (χ4n) is 6.09. The van der Waals surface area contributed by atoms with E-state index in [2.05, 4.69) is 89.1 Å². The fraction of sp³-hybridized carbons (Fsp3) is 0.250. The van der Waals surface area contributed by atoms with E-state index in [0.29, 0.717) is 6.04 Å². The van der Waals surface area contributed by atoms with Crippen molar-refractivity contribution in [1.29, 1.82) is 0 Å². The molecule has 3 aromatic carbocycles. The summed E-state index contributed by atoms with van der Waals surface area (Å²) in [5, 5.41) is 0. The average Bonchev–Trinajstić information content (AvgIpc) is 3.53. The molecule has 1 aliphatic rings. The second kappa shape index (κ2) is 10.4. The van der Waals surface area contributed by atoms with Crippen LogP contribution in [0, 0.1) is 12.8 Å². The molecular formula is C32H34N3O+. The van der Waals surface area contributed by atoms with Gasteiger partial charge in [-0.1, -0.05) is 97.1 Å². The minimum atomic E-state index is -0.841. The van der Waals surface area contributed by atoms with Gasteiger partial charge in [0.25, 0.3) is 5.82 Å². The fourth-order valence-corrected chi connectivity index (χ4v) is 6.09. The van der Waals surface area contributed by atoms with E-state index in [4.69, 9.17) is 5.73 Å². The SMILES string of the molecule is Cc1n(C2CCC(C(C(N)=O)(c3ccccc3)c3ccccc3)C2)cc[n+]1CC=Cc1ccccc1. The van der Waals surface area contributed by atoms with E-state index in [-0.39, 0.29) is 11.8 Å². The van der Waals surface area contributed by atoms with Gasteiger partial charge < -0.3 is 5.73 Å². The van der Waals surface area contributed by atoms with Crippen LogP contribution < -0.4 is 10.3 Å². The summed E-state index contributed by atoms with van der Waals surface area (Å²) in [4.78, 5) is 13.4. The van der Waals surface area contributed by atoms with E-state index < -0.39 is 5.41 Å². The van der Waals surface area contributed by atoms with Crippen LogP contribution in [0.5, 0.6) is 0 Å². The van der Waals surface area contributed by atoms with Crippen LogP contribution in [0.3, 0.4) is 0 Å². The second-order valence-electron chi connectivity index (χ2n) is 9.79. The van der Waals surface area contributed by atoms with E-state index in [1.807, 2.05) is 42.5 Å². The number of aromatic nitrogens is 2. The number of nitrogens with two attached hydrogens (primary N) is 1. The minimum absolute atomic E-state index is 0.123. The first-order valence-electron chi connectivity index (χ1n) is 12.8. The maximum absolute atomic E-state index is 13.4. The molecule has 36 heavy (non-hydrogen) atoms. The Labute approximate surface area is 213 Å². The molecule has 0 bridgehead atoms. The van der Waals surface area contributed by atoms with E-state index in [9.17, 15) is 4.79 Å². The first-order chi connectivity index (χ1) is 17.6. The van der Waals surface area contributed by atoms with Gasteiger partial charge in [-0.25, -0.2) is 9.13 Å². The van der Waals surface area contributed by atoms with Crippen molar-refractivity contribution < 1.29 is 9.36 Å². The van der Waals surface area contributed by atoms with Crippen LogP contribution >= 0.6 is 0 Å². The predicted molar refractivity (Wildman–Crippen MR) is 144 cm³/mol. The Morgan fingerprint density at radius 2 is 1.53 bits per heavy atom. The molecule has 1 heterocycles. The highest BCUT2D eigenvalue weighted by molar-refractivity contribution is 5.91. The Morgan fingerprint density at radius 3 is 2.11 bits per heavy atom. The molecule has 1 saturated carbocycles. The Morgan fingerprint density at radius 1 is 0.944 bits per heavy atom. The Bertz CT molecular complexity index is 1290. The van der Waals surface area contributed by atoms with Crippen molar-refractivity contribution in [3.8, 4) is 0 Å². The average molecular weight is 477 g/mol. The zero-order chi connectivity index (χ0) is 25.0. The molecule has 0 saturated heterocycles. The van der Waals surface area contributed by atoms with Crippen LogP contribution in [-0.4, -0.2) is 10.5 Å². The lowest BCUT2D eigenvalue weighted by Gasteiger charge is -2.37. The smallest absolute Gasteiger partial charge is 0.253 e. The molecule has 1 aromatic heterocycles. The number of benzene rings is 3. The van der Waals surface area contributed by atoms with Gasteiger partial charge in [0.2, 0.25) is 5.91 Å². The van der Waals surface area contributed by atoms with Crippen molar-refractivity contribution in [3.05, 3.63) is 132 Å². The van der Waals surface area contributed by atoms with Crippen LogP contribution in [0.15, 0.2) is 109 Å². The van der Waals surface area contributed by atoms with E-state index in [1.54, 1.807) is 0 Å². The van der Waals surface area contributed by atoms with Crippen molar-refractivity contribution in [2.45, 2.75) is 44.2 Å². The summed E-state index contributed by atoms with van der Waals surface area (Å²) in [7, 11) is 0. The van der Waals surface area contributed by atoms with E-state index >= 15 is 0 Å². The highest BCUT2D eigenvalue weighted by atomic mass is 16.1. The number of allylic oxidation sites excluding steroid dienone is 1. The lowest BCUT2D eigenvalue weighted by Crippen LogP contribution is -2.47. The quantitative estimate of drug-likeness (QED) is 0.330. The van der Waals surface area contributed by atoms with Crippen molar-refractivity contribution >= 4 is 12.0 Å². The standard InChI is InChI=1S/C32H33N3O/c1-25-34(21-11-14-26-12-5-2-6-13-26)22-23-35(25)30-20-19-29(24-30)32(31(33)36,27-15-7-3-8-16-27)28-17-9-4-10-18-28/h2-18,22-23,29-30H,19-21,24H2,1H3,(H-,33,36)/p+1. The third kappa shape index (κ3) is 4.39. The van der Waals surface area contributed by atoms with Gasteiger partial charge in [-0.05, 0) is 47.9 Å². The summed E-state index contributed by atoms with van der Waals surface area (Å²) in [6.45, 7) is 3.00. The molecule has 1 fully saturated rings. The molecule has 5 rings (SSSR count). The molecule has 4 aromatic rings. The number of nitrogens with zero attached hydrogens (tertiary/aromatic N) is 2. The van der Waals surface area contributed by atoms with Crippen molar-refractivity contribution in [2.24, 2.45) is 11.7 Å². The second-order valence-corrected chi connectivity index (χ2v) is 9.79. The summed E-state index contributed by atoms with van der Waals surface area (Å²) >= 11 is 0. The molecule has 2 atom stereocenters. The maximum atomic E-state index is 13.4. The van der Waals surface area contributed by atoms with Gasteiger partial charge in [-0.3, -0.25) is 4.79 Å². The Balaban J connectivity index is 1.41. The number of hydrogen-bond acceptors (Lipinski definition) is 1. The number of carbonyl (C=O) groups is 1. The Kier molecular flexibility index (Phi) is 6.86. The highest BCUT2D eigenvalue weighted by Gasteiger charge is 2.51. The number of amides is 1. The lowest BCUT2D eigenvalue weighted by molar-refractivity contribution is -0.692. The molecule has 182 valence electrons. The number of carbonyl (C=O) groups excluding carboxylic acids is 1. The van der Waals surface area contributed by atoms with Crippen molar-refractivity contribution in [3.63, 3.8) is 0 Å². The van der Waals surface area contributed by atoms with Gasteiger partial charge >= 0.3 is 0 Å². The van der Waals surface area contributed by atoms with Gasteiger partial charge in [0.15, 0.2) is 0 Å². The van der Waals surface area contributed by atoms with Gasteiger partial charge in [0.05, 0.1) is 0 Å². The Hall–Kier alpha value is -3.92. The monoisotopic (exact) mass is 476 g/mol. The molecule has 0 radical (unpaired) electrons. The third-order valence-electron chi connectivity index (χ3n) is 7.87. The van der Waals surface area contributed by atoms with Gasteiger partial charge in [0.1, 0.15) is 30.4 Å².